The first-order valence-electron chi connectivity index (χ1n) is 7.28. The zero-order chi connectivity index (χ0) is 14.5. The van der Waals surface area contributed by atoms with Crippen molar-refractivity contribution in [1.29, 1.82) is 0 Å². The van der Waals surface area contributed by atoms with Crippen LogP contribution in [0, 0.1) is 0 Å². The number of hydrogen-bond donors (Lipinski definition) is 1. The van der Waals surface area contributed by atoms with Crippen LogP contribution in [0.1, 0.15) is 37.7 Å². The van der Waals surface area contributed by atoms with E-state index in [2.05, 4.69) is 6.92 Å². The van der Waals surface area contributed by atoms with Crippen molar-refractivity contribution in [3.63, 3.8) is 0 Å². The Morgan fingerprint density at radius 2 is 2.05 bits per heavy atom. The van der Waals surface area contributed by atoms with Crippen LogP contribution in [0.5, 0.6) is 5.75 Å². The second kappa shape index (κ2) is 6.75. The highest BCUT2D eigenvalue weighted by molar-refractivity contribution is 5.77. The van der Waals surface area contributed by atoms with Gasteiger partial charge < -0.3 is 15.4 Å². The predicted octanol–water partition coefficient (Wildman–Crippen LogP) is 2.14. The number of amides is 1. The van der Waals surface area contributed by atoms with Crippen molar-refractivity contribution in [3.8, 4) is 5.75 Å². The van der Waals surface area contributed by atoms with Gasteiger partial charge in [-0.25, -0.2) is 0 Å². The van der Waals surface area contributed by atoms with Gasteiger partial charge >= 0.3 is 0 Å². The SMILES string of the molecule is COc1ccccc1C(C)CC(=O)N1CCC(N)CC1. The third-order valence-electron chi connectivity index (χ3n) is 4.04. The minimum Gasteiger partial charge on any atom is -0.496 e. The fourth-order valence-corrected chi connectivity index (χ4v) is 2.72. The van der Waals surface area contributed by atoms with E-state index in [1.165, 1.54) is 0 Å². The second-order valence-electron chi connectivity index (χ2n) is 5.57. The van der Waals surface area contributed by atoms with Crippen molar-refractivity contribution in [2.75, 3.05) is 20.2 Å². The van der Waals surface area contributed by atoms with Crippen LogP contribution in [0.2, 0.25) is 0 Å². The van der Waals surface area contributed by atoms with Crippen molar-refractivity contribution in [2.24, 2.45) is 5.73 Å². The standard InChI is InChI=1S/C16H24N2O2/c1-12(14-5-3-4-6-15(14)20-2)11-16(19)18-9-7-13(17)8-10-18/h3-6,12-13H,7-11,17H2,1-2H3. The van der Waals surface area contributed by atoms with Crippen LogP contribution in [-0.2, 0) is 4.79 Å². The van der Waals surface area contributed by atoms with Gasteiger partial charge in [-0.1, -0.05) is 25.1 Å². The minimum absolute atomic E-state index is 0.161. The number of benzene rings is 1. The van der Waals surface area contributed by atoms with E-state index in [0.29, 0.717) is 6.42 Å². The van der Waals surface area contributed by atoms with Crippen LogP contribution in [0.25, 0.3) is 0 Å². The van der Waals surface area contributed by atoms with Gasteiger partial charge in [0.2, 0.25) is 5.91 Å². The molecule has 2 rings (SSSR count). The van der Waals surface area contributed by atoms with Crippen molar-refractivity contribution < 1.29 is 9.53 Å². The van der Waals surface area contributed by atoms with Crippen LogP contribution in [0.15, 0.2) is 24.3 Å². The lowest BCUT2D eigenvalue weighted by atomic mass is 9.95. The molecule has 4 heteroatoms. The summed E-state index contributed by atoms with van der Waals surface area (Å²) in [6.45, 7) is 3.66. The van der Waals surface area contributed by atoms with E-state index in [9.17, 15) is 4.79 Å². The maximum absolute atomic E-state index is 12.3. The van der Waals surface area contributed by atoms with Crippen LogP contribution < -0.4 is 10.5 Å². The highest BCUT2D eigenvalue weighted by atomic mass is 16.5. The molecule has 110 valence electrons. The number of nitrogens with zero attached hydrogens (tertiary/aromatic N) is 1. The molecule has 4 nitrogen and oxygen atoms in total. The zero-order valence-electron chi connectivity index (χ0n) is 12.3. The van der Waals surface area contributed by atoms with E-state index in [4.69, 9.17) is 10.5 Å². The van der Waals surface area contributed by atoms with Crippen LogP contribution >= 0.6 is 0 Å². The predicted molar refractivity (Wildman–Crippen MR) is 79.8 cm³/mol. The summed E-state index contributed by atoms with van der Waals surface area (Å²) in [6.07, 6.45) is 2.35. The Balaban J connectivity index is 1.97. The maximum atomic E-state index is 12.3. The number of carbonyl (C=O) groups excluding carboxylic acids is 1. The molecule has 2 N–H and O–H groups in total. The van der Waals surface area contributed by atoms with E-state index < -0.39 is 0 Å². The topological polar surface area (TPSA) is 55.6 Å². The molecule has 1 atom stereocenters. The Morgan fingerprint density at radius 3 is 2.70 bits per heavy atom. The highest BCUT2D eigenvalue weighted by Crippen LogP contribution is 2.29. The second-order valence-corrected chi connectivity index (χ2v) is 5.57. The van der Waals surface area contributed by atoms with Gasteiger partial charge in [-0.3, -0.25) is 4.79 Å². The molecule has 1 heterocycles. The van der Waals surface area contributed by atoms with E-state index in [-0.39, 0.29) is 17.9 Å². The Hall–Kier alpha value is -1.55. The van der Waals surface area contributed by atoms with Gasteiger partial charge in [0, 0.05) is 25.6 Å². The number of hydrogen-bond acceptors (Lipinski definition) is 3. The van der Waals surface area contributed by atoms with Crippen molar-refractivity contribution in [3.05, 3.63) is 29.8 Å². The van der Waals surface area contributed by atoms with Crippen molar-refractivity contribution in [2.45, 2.75) is 38.1 Å². The first-order valence-corrected chi connectivity index (χ1v) is 7.28. The molecule has 0 spiro atoms. The lowest BCUT2D eigenvalue weighted by molar-refractivity contribution is -0.132. The molecule has 0 saturated carbocycles. The number of carbonyl (C=O) groups is 1. The van der Waals surface area contributed by atoms with Gasteiger partial charge in [0.25, 0.3) is 0 Å². The van der Waals surface area contributed by atoms with Gasteiger partial charge in [-0.2, -0.15) is 0 Å². The molecule has 0 aliphatic carbocycles. The number of methoxy groups -OCH3 is 1. The largest absolute Gasteiger partial charge is 0.496 e. The number of piperidine rings is 1. The van der Waals surface area contributed by atoms with E-state index >= 15 is 0 Å². The average molecular weight is 276 g/mol. The summed E-state index contributed by atoms with van der Waals surface area (Å²) >= 11 is 0. The molecule has 1 aliphatic heterocycles. The third-order valence-corrected chi connectivity index (χ3v) is 4.04. The summed E-state index contributed by atoms with van der Waals surface area (Å²) in [7, 11) is 1.67. The fourth-order valence-electron chi connectivity index (χ4n) is 2.72. The Labute approximate surface area is 120 Å². The lowest BCUT2D eigenvalue weighted by Gasteiger charge is -2.31. The lowest BCUT2D eigenvalue weighted by Crippen LogP contribution is -2.43. The Morgan fingerprint density at radius 1 is 1.40 bits per heavy atom. The van der Waals surface area contributed by atoms with Gasteiger partial charge in [-0.05, 0) is 30.4 Å². The first-order chi connectivity index (χ1) is 9.61. The normalized spacial score (nSPS) is 17.9. The van der Waals surface area contributed by atoms with E-state index in [1.807, 2.05) is 29.2 Å². The molecule has 1 aromatic rings. The zero-order valence-corrected chi connectivity index (χ0v) is 12.3. The smallest absolute Gasteiger partial charge is 0.223 e. The molecule has 0 radical (unpaired) electrons. The van der Waals surface area contributed by atoms with Gasteiger partial charge in [0.05, 0.1) is 7.11 Å². The van der Waals surface area contributed by atoms with Crippen LogP contribution in [-0.4, -0.2) is 37.0 Å². The summed E-state index contributed by atoms with van der Waals surface area (Å²) in [5, 5.41) is 0. The number of para-hydroxylation sites is 1. The van der Waals surface area contributed by atoms with Gasteiger partial charge in [0.1, 0.15) is 5.75 Å². The van der Waals surface area contributed by atoms with Crippen molar-refractivity contribution in [1.82, 2.24) is 4.90 Å². The van der Waals surface area contributed by atoms with Crippen LogP contribution in [0.4, 0.5) is 0 Å². The maximum Gasteiger partial charge on any atom is 0.223 e. The monoisotopic (exact) mass is 276 g/mol. The molecular formula is C16H24N2O2. The number of rotatable bonds is 4. The summed E-state index contributed by atoms with van der Waals surface area (Å²) in [4.78, 5) is 14.3. The molecule has 1 aromatic carbocycles. The van der Waals surface area contributed by atoms with E-state index in [0.717, 1.165) is 37.2 Å². The molecule has 1 saturated heterocycles. The average Bonchev–Trinajstić information content (AvgIpc) is 2.47. The summed E-state index contributed by atoms with van der Waals surface area (Å²) in [5.41, 5.74) is 6.97. The summed E-state index contributed by atoms with van der Waals surface area (Å²) in [6, 6.07) is 8.16. The molecular weight excluding hydrogens is 252 g/mol. The third kappa shape index (κ3) is 3.51. The molecule has 20 heavy (non-hydrogen) atoms. The number of likely N-dealkylation sites (tertiary alicyclic amines) is 1. The minimum atomic E-state index is 0.161. The molecule has 1 fully saturated rings. The van der Waals surface area contributed by atoms with Gasteiger partial charge in [-0.15, -0.1) is 0 Å². The summed E-state index contributed by atoms with van der Waals surface area (Å²) < 4.78 is 5.37. The molecule has 1 unspecified atom stereocenters. The quantitative estimate of drug-likeness (QED) is 0.916. The highest BCUT2D eigenvalue weighted by Gasteiger charge is 2.23. The number of ether oxygens (including phenoxy) is 1. The Kier molecular flexibility index (Phi) is 5.01. The fraction of sp³-hybridized carbons (Fsp3) is 0.562. The molecule has 0 aromatic heterocycles. The summed E-state index contributed by atoms with van der Waals surface area (Å²) in [5.74, 6) is 1.23. The number of nitrogens with two attached hydrogens (primary N) is 1. The van der Waals surface area contributed by atoms with Gasteiger partial charge in [0.15, 0.2) is 0 Å². The Bertz CT molecular complexity index is 454. The molecule has 1 aliphatic rings. The van der Waals surface area contributed by atoms with E-state index in [1.54, 1.807) is 7.11 Å². The van der Waals surface area contributed by atoms with Crippen molar-refractivity contribution >= 4 is 5.91 Å². The first kappa shape index (κ1) is 14.9. The van der Waals surface area contributed by atoms with Crippen LogP contribution in [0.3, 0.4) is 0 Å². The molecule has 0 bridgehead atoms. The molecule has 1 amide bonds.